The van der Waals surface area contributed by atoms with E-state index in [2.05, 4.69) is 26.2 Å². The lowest BCUT2D eigenvalue weighted by molar-refractivity contribution is -0.135. The van der Waals surface area contributed by atoms with Crippen LogP contribution in [0.25, 0.3) is 0 Å². The molecule has 0 saturated carbocycles. The molecule has 8 nitrogen and oxygen atoms in total. The lowest BCUT2D eigenvalue weighted by Crippen LogP contribution is -2.57. The van der Waals surface area contributed by atoms with Crippen LogP contribution >= 0.6 is 24.0 Å². The molecule has 182 valence electrons. The Labute approximate surface area is 214 Å². The van der Waals surface area contributed by atoms with E-state index in [1.54, 1.807) is 7.05 Å². The highest BCUT2D eigenvalue weighted by atomic mass is 127. The second-order valence-corrected chi connectivity index (χ2v) is 8.91. The third-order valence-electron chi connectivity index (χ3n) is 6.96. The number of rotatable bonds is 4. The molecule has 1 N–H and O–H groups in total. The number of halogens is 1. The fourth-order valence-electron chi connectivity index (χ4n) is 5.05. The van der Waals surface area contributed by atoms with Crippen LogP contribution in [0, 0.1) is 0 Å². The lowest BCUT2D eigenvalue weighted by Gasteiger charge is -2.39. The minimum absolute atomic E-state index is 0. The zero-order valence-electron chi connectivity index (χ0n) is 19.8. The Bertz CT molecular complexity index is 849. The highest BCUT2D eigenvalue weighted by Crippen LogP contribution is 2.26. The second kappa shape index (κ2) is 12.0. The number of likely N-dealkylation sites (tertiary alicyclic amines) is 1. The SMILES string of the molecule is CN=C(NCC(=O)N1CCCc2ccccc21)N1CCN(C(C)C(=O)N2CCCC2)CC1.I. The Balaban J connectivity index is 0.00000306. The second-order valence-electron chi connectivity index (χ2n) is 8.91. The number of aliphatic imine (C=N–C) groups is 1. The molecule has 1 aromatic carbocycles. The summed E-state index contributed by atoms with van der Waals surface area (Å²) in [5.74, 6) is 1.08. The summed E-state index contributed by atoms with van der Waals surface area (Å²) in [6.07, 6.45) is 4.26. The van der Waals surface area contributed by atoms with Crippen LogP contribution in [-0.2, 0) is 16.0 Å². The lowest BCUT2D eigenvalue weighted by atomic mass is 10.0. The van der Waals surface area contributed by atoms with Crippen molar-refractivity contribution in [3.8, 4) is 0 Å². The van der Waals surface area contributed by atoms with Gasteiger partial charge < -0.3 is 20.0 Å². The molecule has 2 fully saturated rings. The molecule has 1 atom stereocenters. The van der Waals surface area contributed by atoms with Gasteiger partial charge in [-0.3, -0.25) is 19.5 Å². The number of amides is 2. The monoisotopic (exact) mass is 568 g/mol. The molecule has 2 saturated heterocycles. The van der Waals surface area contributed by atoms with Gasteiger partial charge in [-0.25, -0.2) is 0 Å². The molecule has 4 rings (SSSR count). The summed E-state index contributed by atoms with van der Waals surface area (Å²) < 4.78 is 0. The molecule has 1 unspecified atom stereocenters. The predicted molar refractivity (Wildman–Crippen MR) is 142 cm³/mol. The first-order chi connectivity index (χ1) is 15.6. The van der Waals surface area contributed by atoms with Crippen molar-refractivity contribution in [2.45, 2.75) is 38.6 Å². The van der Waals surface area contributed by atoms with E-state index in [0.29, 0.717) is 0 Å². The minimum Gasteiger partial charge on any atom is -0.347 e. The maximum absolute atomic E-state index is 12.9. The Kier molecular flexibility index (Phi) is 9.37. The number of para-hydroxylation sites is 1. The van der Waals surface area contributed by atoms with E-state index in [4.69, 9.17) is 0 Å². The van der Waals surface area contributed by atoms with Crippen LogP contribution in [0.1, 0.15) is 31.7 Å². The fourth-order valence-corrected chi connectivity index (χ4v) is 5.05. The number of carbonyl (C=O) groups is 2. The van der Waals surface area contributed by atoms with Gasteiger partial charge in [0.1, 0.15) is 0 Å². The zero-order valence-corrected chi connectivity index (χ0v) is 22.2. The maximum atomic E-state index is 12.9. The third kappa shape index (κ3) is 5.98. The van der Waals surface area contributed by atoms with Gasteiger partial charge in [0.25, 0.3) is 0 Å². The Morgan fingerprint density at radius 1 is 0.970 bits per heavy atom. The van der Waals surface area contributed by atoms with Crippen molar-refractivity contribution in [3.05, 3.63) is 29.8 Å². The number of hydrogen-bond acceptors (Lipinski definition) is 4. The average molecular weight is 569 g/mol. The van der Waals surface area contributed by atoms with Gasteiger partial charge in [-0.1, -0.05) is 18.2 Å². The molecule has 0 aliphatic carbocycles. The highest BCUT2D eigenvalue weighted by Gasteiger charge is 2.31. The molecule has 3 aliphatic heterocycles. The van der Waals surface area contributed by atoms with Gasteiger partial charge in [0, 0.05) is 58.5 Å². The van der Waals surface area contributed by atoms with Crippen LogP contribution < -0.4 is 10.2 Å². The Morgan fingerprint density at radius 2 is 1.67 bits per heavy atom. The number of aryl methyl sites for hydroxylation is 1. The van der Waals surface area contributed by atoms with Crippen molar-refractivity contribution in [1.82, 2.24) is 20.0 Å². The van der Waals surface area contributed by atoms with Gasteiger partial charge in [-0.15, -0.1) is 24.0 Å². The molecule has 1 aromatic rings. The largest absolute Gasteiger partial charge is 0.347 e. The first-order valence-corrected chi connectivity index (χ1v) is 11.9. The maximum Gasteiger partial charge on any atom is 0.246 e. The summed E-state index contributed by atoms with van der Waals surface area (Å²) in [6.45, 7) is 8.02. The standard InChI is InChI=1S/C24H36N6O2.HI/c1-19(23(32)28-11-5-6-12-28)27-14-16-29(17-15-27)24(25-2)26-18-22(31)30-13-7-9-20-8-3-4-10-21(20)30;/h3-4,8,10,19H,5-7,9,11-18H2,1-2H3,(H,25,26);1H. The number of carbonyl (C=O) groups excluding carboxylic acids is 2. The fraction of sp³-hybridized carbons (Fsp3) is 0.625. The van der Waals surface area contributed by atoms with E-state index in [-0.39, 0.29) is 48.4 Å². The van der Waals surface area contributed by atoms with E-state index in [0.717, 1.165) is 83.1 Å². The van der Waals surface area contributed by atoms with Gasteiger partial charge in [0.2, 0.25) is 11.8 Å². The van der Waals surface area contributed by atoms with Crippen LogP contribution in [-0.4, -0.2) is 97.9 Å². The topological polar surface area (TPSA) is 71.5 Å². The quantitative estimate of drug-likeness (QED) is 0.341. The molecule has 0 spiro atoms. The number of fused-ring (bicyclic) bond motifs is 1. The van der Waals surface area contributed by atoms with Crippen LogP contribution in [0.3, 0.4) is 0 Å². The van der Waals surface area contributed by atoms with Crippen LogP contribution in [0.4, 0.5) is 5.69 Å². The van der Waals surface area contributed by atoms with Gasteiger partial charge in [0.15, 0.2) is 5.96 Å². The summed E-state index contributed by atoms with van der Waals surface area (Å²) in [4.78, 5) is 38.4. The van der Waals surface area contributed by atoms with Crippen molar-refractivity contribution in [2.75, 3.05) is 64.3 Å². The number of piperazine rings is 1. The van der Waals surface area contributed by atoms with Gasteiger partial charge in [0.05, 0.1) is 12.6 Å². The molecule has 0 bridgehead atoms. The van der Waals surface area contributed by atoms with Gasteiger partial charge in [-0.05, 0) is 44.2 Å². The number of anilines is 1. The van der Waals surface area contributed by atoms with Gasteiger partial charge >= 0.3 is 0 Å². The zero-order chi connectivity index (χ0) is 22.5. The first kappa shape index (κ1) is 25.7. The van der Waals surface area contributed by atoms with Gasteiger partial charge in [-0.2, -0.15) is 0 Å². The van der Waals surface area contributed by atoms with Crippen molar-refractivity contribution in [2.24, 2.45) is 4.99 Å². The number of nitrogens with one attached hydrogen (secondary N) is 1. The Morgan fingerprint density at radius 3 is 2.36 bits per heavy atom. The molecule has 0 aromatic heterocycles. The third-order valence-corrected chi connectivity index (χ3v) is 6.96. The number of guanidine groups is 1. The molecule has 3 aliphatic rings. The molecule has 3 heterocycles. The van der Waals surface area contributed by atoms with E-state index >= 15 is 0 Å². The van der Waals surface area contributed by atoms with E-state index in [9.17, 15) is 9.59 Å². The molecule has 33 heavy (non-hydrogen) atoms. The molecular formula is C24H37IN6O2. The summed E-state index contributed by atoms with van der Waals surface area (Å²) in [7, 11) is 1.76. The van der Waals surface area contributed by atoms with Crippen molar-refractivity contribution >= 4 is 47.4 Å². The normalized spacial score (nSPS) is 20.2. The smallest absolute Gasteiger partial charge is 0.246 e. The van der Waals surface area contributed by atoms with Crippen molar-refractivity contribution in [1.29, 1.82) is 0 Å². The number of benzene rings is 1. The number of hydrogen-bond donors (Lipinski definition) is 1. The molecule has 2 amide bonds. The molecular weight excluding hydrogens is 531 g/mol. The summed E-state index contributed by atoms with van der Waals surface area (Å²) in [5, 5.41) is 3.27. The average Bonchev–Trinajstić information content (AvgIpc) is 3.38. The molecule has 9 heteroatoms. The predicted octanol–water partition coefficient (Wildman–Crippen LogP) is 1.79. The first-order valence-electron chi connectivity index (χ1n) is 11.9. The van der Waals surface area contributed by atoms with Crippen LogP contribution in [0.2, 0.25) is 0 Å². The number of nitrogens with zero attached hydrogens (tertiary/aromatic N) is 5. The van der Waals surface area contributed by atoms with Crippen LogP contribution in [0.5, 0.6) is 0 Å². The van der Waals surface area contributed by atoms with E-state index < -0.39 is 0 Å². The van der Waals surface area contributed by atoms with Crippen molar-refractivity contribution < 1.29 is 9.59 Å². The van der Waals surface area contributed by atoms with E-state index in [1.807, 2.05) is 34.9 Å². The minimum atomic E-state index is -0.0778. The van der Waals surface area contributed by atoms with Crippen molar-refractivity contribution in [3.63, 3.8) is 0 Å². The summed E-state index contributed by atoms with van der Waals surface area (Å²) in [6, 6.07) is 8.09. The van der Waals surface area contributed by atoms with Crippen LogP contribution in [0.15, 0.2) is 29.3 Å². The summed E-state index contributed by atoms with van der Waals surface area (Å²) in [5.41, 5.74) is 2.27. The summed E-state index contributed by atoms with van der Waals surface area (Å²) >= 11 is 0. The molecule has 0 radical (unpaired) electrons. The van der Waals surface area contributed by atoms with E-state index in [1.165, 1.54) is 5.56 Å². The highest BCUT2D eigenvalue weighted by molar-refractivity contribution is 14.0. The Hall–Kier alpha value is -1.88.